The molecule has 6 heteroatoms. The van der Waals surface area contributed by atoms with Crippen LogP contribution in [0.3, 0.4) is 0 Å². The van der Waals surface area contributed by atoms with Crippen LogP contribution in [0.2, 0.25) is 0 Å². The largest absolute Gasteiger partial charge is 0.425 e. The molecule has 7 atom stereocenters. The van der Waals surface area contributed by atoms with Crippen molar-refractivity contribution in [1.82, 2.24) is 0 Å². The molecule has 1 heterocycles. The Balaban J connectivity index is 1.70. The predicted octanol–water partition coefficient (Wildman–Crippen LogP) is 2.08. The maximum Gasteiger partial charge on any atom is 0.340 e. The second kappa shape index (κ2) is 5.04. The first kappa shape index (κ1) is 18.3. The first-order valence-corrected chi connectivity index (χ1v) is 9.97. The molecule has 6 rings (SSSR count). The zero-order valence-electron chi connectivity index (χ0n) is 16.4. The first-order chi connectivity index (χ1) is 13.1. The summed E-state index contributed by atoms with van der Waals surface area (Å²) < 4.78 is 11.9. The molecule has 1 aromatic rings. The third-order valence-corrected chi connectivity index (χ3v) is 8.99. The first-order valence-electron chi connectivity index (χ1n) is 9.97. The van der Waals surface area contributed by atoms with Crippen molar-refractivity contribution in [1.29, 1.82) is 0 Å². The number of fused-ring (bicyclic) bond motifs is 1. The van der Waals surface area contributed by atoms with Gasteiger partial charge in [-0.25, -0.2) is 4.79 Å². The minimum absolute atomic E-state index is 0.0549. The number of esters is 1. The number of ketones is 1. The maximum absolute atomic E-state index is 13.4. The number of rotatable bonds is 2. The molecule has 4 saturated carbocycles. The van der Waals surface area contributed by atoms with Gasteiger partial charge in [-0.15, -0.1) is 0 Å². The molecule has 150 valence electrons. The number of hydrogen-bond acceptors (Lipinski definition) is 6. The Morgan fingerprint density at radius 3 is 2.61 bits per heavy atom. The van der Waals surface area contributed by atoms with E-state index in [1.165, 1.54) is 0 Å². The Kier molecular flexibility index (Phi) is 3.29. The number of carbonyl (C=O) groups is 2. The second-order valence-corrected chi connectivity index (χ2v) is 9.51. The van der Waals surface area contributed by atoms with Crippen molar-refractivity contribution in [3.63, 3.8) is 0 Å². The van der Waals surface area contributed by atoms with Gasteiger partial charge in [0.15, 0.2) is 0 Å². The number of benzene rings is 1. The highest BCUT2D eigenvalue weighted by atomic mass is 16.7. The summed E-state index contributed by atoms with van der Waals surface area (Å²) in [6.07, 6.45) is -0.00825. The van der Waals surface area contributed by atoms with Crippen LogP contribution in [-0.2, 0) is 14.3 Å². The third kappa shape index (κ3) is 1.51. The molecule has 5 fully saturated rings. The second-order valence-electron chi connectivity index (χ2n) is 9.51. The van der Waals surface area contributed by atoms with E-state index in [4.69, 9.17) is 9.47 Å². The standard InChI is InChI=1S/C22H26O6/c1-13-9-10-21(26)18(2)12-27-22(28-16(24)14-7-5-4-6-8-14)17(25)20(13,21)11-15(23)19(18,22)3/h4-8,13,17,25-26H,9-12H2,1-3H3. The van der Waals surface area contributed by atoms with Crippen LogP contribution in [0.25, 0.3) is 0 Å². The predicted molar refractivity (Wildman–Crippen MR) is 98.2 cm³/mol. The average molecular weight is 386 g/mol. The molecular formula is C22H26O6. The van der Waals surface area contributed by atoms with Gasteiger partial charge in [0.2, 0.25) is 0 Å². The molecule has 1 aliphatic heterocycles. The van der Waals surface area contributed by atoms with E-state index < -0.39 is 39.7 Å². The molecule has 0 radical (unpaired) electrons. The summed E-state index contributed by atoms with van der Waals surface area (Å²) in [5.41, 5.74) is -4.28. The zero-order valence-corrected chi connectivity index (χ0v) is 16.4. The fourth-order valence-electron chi connectivity index (χ4n) is 7.08. The van der Waals surface area contributed by atoms with Crippen LogP contribution in [0.5, 0.6) is 0 Å². The summed E-state index contributed by atoms with van der Waals surface area (Å²) in [7, 11) is 0. The monoisotopic (exact) mass is 386 g/mol. The highest BCUT2D eigenvalue weighted by Gasteiger charge is 2.92. The van der Waals surface area contributed by atoms with E-state index in [2.05, 4.69) is 0 Å². The molecule has 6 nitrogen and oxygen atoms in total. The highest BCUT2D eigenvalue weighted by Crippen LogP contribution is 2.80. The van der Waals surface area contributed by atoms with E-state index in [9.17, 15) is 19.8 Å². The summed E-state index contributed by atoms with van der Waals surface area (Å²) in [6, 6.07) is 8.48. The van der Waals surface area contributed by atoms with Gasteiger partial charge in [0.05, 0.1) is 17.8 Å². The lowest BCUT2D eigenvalue weighted by molar-refractivity contribution is -0.366. The third-order valence-electron chi connectivity index (χ3n) is 8.99. The van der Waals surface area contributed by atoms with Gasteiger partial charge in [-0.05, 0) is 37.8 Å². The minimum Gasteiger partial charge on any atom is -0.425 e. The number of aliphatic hydroxyl groups is 2. The van der Waals surface area contributed by atoms with Crippen molar-refractivity contribution in [2.75, 3.05) is 6.61 Å². The topological polar surface area (TPSA) is 93.1 Å². The van der Waals surface area contributed by atoms with E-state index in [0.29, 0.717) is 18.4 Å². The van der Waals surface area contributed by atoms with Crippen molar-refractivity contribution in [2.24, 2.45) is 22.2 Å². The van der Waals surface area contributed by atoms with Crippen molar-refractivity contribution in [3.8, 4) is 0 Å². The van der Waals surface area contributed by atoms with Crippen LogP contribution in [0.4, 0.5) is 0 Å². The van der Waals surface area contributed by atoms with E-state index in [1.807, 2.05) is 13.8 Å². The van der Waals surface area contributed by atoms with Gasteiger partial charge in [0.1, 0.15) is 17.3 Å². The SMILES string of the molecule is CC1CCC2(O)C13CC(=O)C1(C)C(OC(=O)c4ccccc4)(OCC21C)C3O. The van der Waals surface area contributed by atoms with Gasteiger partial charge in [-0.1, -0.05) is 32.0 Å². The van der Waals surface area contributed by atoms with E-state index in [0.717, 1.165) is 0 Å². The Morgan fingerprint density at radius 2 is 1.93 bits per heavy atom. The van der Waals surface area contributed by atoms with Gasteiger partial charge in [0.25, 0.3) is 5.79 Å². The van der Waals surface area contributed by atoms with Crippen molar-refractivity contribution in [2.45, 2.75) is 57.5 Å². The van der Waals surface area contributed by atoms with Crippen molar-refractivity contribution in [3.05, 3.63) is 35.9 Å². The van der Waals surface area contributed by atoms with Gasteiger partial charge in [-0.3, -0.25) is 4.79 Å². The fourth-order valence-corrected chi connectivity index (χ4v) is 7.08. The molecule has 1 spiro atoms. The smallest absolute Gasteiger partial charge is 0.340 e. The molecule has 5 aliphatic rings. The van der Waals surface area contributed by atoms with Crippen molar-refractivity contribution >= 4 is 11.8 Å². The molecule has 7 unspecified atom stereocenters. The number of hydrogen-bond donors (Lipinski definition) is 2. The Hall–Kier alpha value is -1.76. The summed E-state index contributed by atoms with van der Waals surface area (Å²) in [5.74, 6) is -2.65. The lowest BCUT2D eigenvalue weighted by atomic mass is 9.35. The molecule has 2 N–H and O–H groups in total. The van der Waals surface area contributed by atoms with Crippen LogP contribution < -0.4 is 0 Å². The molecule has 0 aromatic heterocycles. The number of carbonyl (C=O) groups excluding carboxylic acids is 2. The number of aliphatic hydroxyl groups excluding tert-OH is 1. The Labute approximate surface area is 163 Å². The molecule has 4 bridgehead atoms. The molecule has 4 aliphatic carbocycles. The lowest BCUT2D eigenvalue weighted by Crippen LogP contribution is -2.84. The molecular weight excluding hydrogens is 360 g/mol. The van der Waals surface area contributed by atoms with E-state index >= 15 is 0 Å². The highest BCUT2D eigenvalue weighted by molar-refractivity contribution is 5.94. The van der Waals surface area contributed by atoms with Crippen LogP contribution in [0.15, 0.2) is 30.3 Å². The summed E-state index contributed by atoms with van der Waals surface area (Å²) in [5, 5.41) is 23.5. The Bertz CT molecular complexity index is 884. The van der Waals surface area contributed by atoms with Gasteiger partial charge < -0.3 is 19.7 Å². The van der Waals surface area contributed by atoms with Crippen LogP contribution in [-0.4, -0.2) is 46.1 Å². The van der Waals surface area contributed by atoms with E-state index in [1.54, 1.807) is 37.3 Å². The lowest BCUT2D eigenvalue weighted by Gasteiger charge is -2.70. The van der Waals surface area contributed by atoms with Crippen LogP contribution in [0, 0.1) is 22.2 Å². The van der Waals surface area contributed by atoms with Gasteiger partial charge in [0, 0.05) is 17.3 Å². The molecule has 1 saturated heterocycles. The van der Waals surface area contributed by atoms with Crippen LogP contribution in [0.1, 0.15) is 50.4 Å². The average Bonchev–Trinajstić information content (AvgIpc) is 3.07. The quantitative estimate of drug-likeness (QED) is 0.756. The minimum atomic E-state index is -1.80. The van der Waals surface area contributed by atoms with Crippen LogP contribution >= 0.6 is 0 Å². The summed E-state index contributed by atoms with van der Waals surface area (Å²) in [4.78, 5) is 26.4. The maximum atomic E-state index is 13.4. The summed E-state index contributed by atoms with van der Waals surface area (Å²) in [6.45, 7) is 5.55. The van der Waals surface area contributed by atoms with Gasteiger partial charge >= 0.3 is 5.97 Å². The van der Waals surface area contributed by atoms with E-state index in [-0.39, 0.29) is 24.7 Å². The summed E-state index contributed by atoms with van der Waals surface area (Å²) >= 11 is 0. The number of Topliss-reactive ketones (excluding diaryl/α,β-unsaturated/α-hetero) is 1. The molecule has 0 amide bonds. The van der Waals surface area contributed by atoms with Crippen molar-refractivity contribution < 1.29 is 29.3 Å². The number of ether oxygens (including phenoxy) is 2. The normalized spacial score (nSPS) is 51.2. The fraction of sp³-hybridized carbons (Fsp3) is 0.636. The molecule has 28 heavy (non-hydrogen) atoms. The van der Waals surface area contributed by atoms with Gasteiger partial charge in [-0.2, -0.15) is 0 Å². The molecule has 1 aromatic carbocycles. The Morgan fingerprint density at radius 1 is 1.25 bits per heavy atom. The zero-order chi connectivity index (χ0) is 20.2.